The molecule has 1 aromatic heterocycles. The van der Waals surface area contributed by atoms with Crippen LogP contribution in [0.25, 0.3) is 0 Å². The van der Waals surface area contributed by atoms with Crippen molar-refractivity contribution in [2.75, 3.05) is 0 Å². The first-order valence-corrected chi connectivity index (χ1v) is 7.10. The Labute approximate surface area is 121 Å². The third-order valence-corrected chi connectivity index (χ3v) is 4.00. The molecule has 5 heteroatoms. The van der Waals surface area contributed by atoms with E-state index < -0.39 is 5.97 Å². The predicted octanol–water partition coefficient (Wildman–Crippen LogP) is 2.87. The summed E-state index contributed by atoms with van der Waals surface area (Å²) >= 11 is 1.58. The second kappa shape index (κ2) is 6.34. The van der Waals surface area contributed by atoms with Crippen LogP contribution in [0.3, 0.4) is 0 Å². The van der Waals surface area contributed by atoms with Crippen LogP contribution in [-0.4, -0.2) is 17.0 Å². The molecule has 0 bridgehead atoms. The summed E-state index contributed by atoms with van der Waals surface area (Å²) in [4.78, 5) is 24.1. The first kappa shape index (κ1) is 14.3. The number of benzene rings is 1. The molecular weight excluding hydrogens is 274 g/mol. The van der Waals surface area contributed by atoms with E-state index in [9.17, 15) is 9.59 Å². The van der Waals surface area contributed by atoms with Gasteiger partial charge in [0.25, 0.3) is 0 Å². The fourth-order valence-corrected chi connectivity index (χ4v) is 2.69. The van der Waals surface area contributed by atoms with Gasteiger partial charge >= 0.3 is 5.97 Å². The molecule has 0 radical (unpaired) electrons. The Kier molecular flexibility index (Phi) is 4.53. The van der Waals surface area contributed by atoms with Crippen molar-refractivity contribution in [2.45, 2.75) is 19.4 Å². The average molecular weight is 289 g/mol. The normalized spacial score (nSPS) is 11.8. The Morgan fingerprint density at radius 3 is 2.65 bits per heavy atom. The number of carbonyl (C=O) groups is 2. The Hall–Kier alpha value is -2.14. The van der Waals surface area contributed by atoms with Gasteiger partial charge in [0, 0.05) is 4.88 Å². The van der Waals surface area contributed by atoms with Crippen molar-refractivity contribution >= 4 is 23.2 Å². The van der Waals surface area contributed by atoms with E-state index in [1.165, 1.54) is 6.07 Å². The highest BCUT2D eigenvalue weighted by Gasteiger charge is 2.14. The fraction of sp³-hybridized carbons (Fsp3) is 0.200. The van der Waals surface area contributed by atoms with E-state index in [2.05, 4.69) is 5.32 Å². The molecule has 1 heterocycles. The second-order valence-electron chi connectivity index (χ2n) is 4.44. The molecule has 0 saturated heterocycles. The van der Waals surface area contributed by atoms with Gasteiger partial charge in [0.2, 0.25) is 5.91 Å². The molecule has 1 amide bonds. The number of nitrogens with one attached hydrogen (secondary N) is 1. The van der Waals surface area contributed by atoms with E-state index in [1.807, 2.05) is 24.4 Å². The van der Waals surface area contributed by atoms with Crippen LogP contribution in [0.1, 0.15) is 33.8 Å². The van der Waals surface area contributed by atoms with E-state index in [0.29, 0.717) is 5.56 Å². The molecule has 2 N–H and O–H groups in total. The van der Waals surface area contributed by atoms with Crippen molar-refractivity contribution in [3.8, 4) is 0 Å². The molecule has 0 aliphatic rings. The van der Waals surface area contributed by atoms with Crippen molar-refractivity contribution < 1.29 is 14.7 Å². The molecule has 1 atom stereocenters. The minimum atomic E-state index is -1.01. The summed E-state index contributed by atoms with van der Waals surface area (Å²) in [6, 6.07) is 10.4. The number of amides is 1. The van der Waals surface area contributed by atoms with Gasteiger partial charge in [-0.1, -0.05) is 24.3 Å². The number of carbonyl (C=O) groups excluding carboxylic acids is 1. The quantitative estimate of drug-likeness (QED) is 0.889. The maximum atomic E-state index is 12.0. The third-order valence-electron chi connectivity index (χ3n) is 2.95. The standard InChI is InChI=1S/C15H15NO3S/c1-10(13-7-4-8-20-13)16-14(17)9-11-5-2-3-6-12(11)15(18)19/h2-8,10H,9H2,1H3,(H,16,17)(H,18,19)/t10-/m1/s1. The summed E-state index contributed by atoms with van der Waals surface area (Å²) in [5.41, 5.74) is 0.697. The largest absolute Gasteiger partial charge is 0.478 e. The van der Waals surface area contributed by atoms with E-state index in [0.717, 1.165) is 4.88 Å². The molecule has 4 nitrogen and oxygen atoms in total. The van der Waals surface area contributed by atoms with Crippen molar-refractivity contribution in [2.24, 2.45) is 0 Å². The van der Waals surface area contributed by atoms with Crippen LogP contribution >= 0.6 is 11.3 Å². The Balaban J connectivity index is 2.03. The first-order valence-electron chi connectivity index (χ1n) is 6.22. The van der Waals surface area contributed by atoms with Gasteiger partial charge in [0.1, 0.15) is 0 Å². The maximum Gasteiger partial charge on any atom is 0.335 e. The zero-order valence-corrected chi connectivity index (χ0v) is 11.8. The van der Waals surface area contributed by atoms with Gasteiger partial charge in [-0.05, 0) is 30.0 Å². The summed E-state index contributed by atoms with van der Waals surface area (Å²) in [6.45, 7) is 1.91. The number of carboxylic acids is 1. The highest BCUT2D eigenvalue weighted by Crippen LogP contribution is 2.18. The molecule has 0 fully saturated rings. The molecule has 0 aliphatic carbocycles. The topological polar surface area (TPSA) is 66.4 Å². The lowest BCUT2D eigenvalue weighted by Crippen LogP contribution is -2.28. The lowest BCUT2D eigenvalue weighted by Gasteiger charge is -2.13. The molecule has 1 aromatic carbocycles. The highest BCUT2D eigenvalue weighted by atomic mass is 32.1. The van der Waals surface area contributed by atoms with Crippen LogP contribution in [0.15, 0.2) is 41.8 Å². The predicted molar refractivity (Wildman–Crippen MR) is 78.0 cm³/mol. The first-order chi connectivity index (χ1) is 9.58. The molecule has 0 unspecified atom stereocenters. The van der Waals surface area contributed by atoms with Crippen LogP contribution in [0.4, 0.5) is 0 Å². The molecule has 2 aromatic rings. The zero-order valence-electron chi connectivity index (χ0n) is 11.0. The summed E-state index contributed by atoms with van der Waals surface area (Å²) in [6.07, 6.45) is 0.0676. The van der Waals surface area contributed by atoms with Crippen molar-refractivity contribution in [1.29, 1.82) is 0 Å². The number of rotatable bonds is 5. The van der Waals surface area contributed by atoms with E-state index in [1.54, 1.807) is 29.5 Å². The number of carboxylic acid groups (broad SMARTS) is 1. The van der Waals surface area contributed by atoms with Crippen LogP contribution in [0.2, 0.25) is 0 Å². The fourth-order valence-electron chi connectivity index (χ4n) is 1.96. The minimum absolute atomic E-state index is 0.0676. The molecule has 0 spiro atoms. The van der Waals surface area contributed by atoms with Gasteiger partial charge < -0.3 is 10.4 Å². The monoisotopic (exact) mass is 289 g/mol. The molecule has 0 saturated carbocycles. The van der Waals surface area contributed by atoms with Crippen molar-refractivity contribution in [3.05, 3.63) is 57.8 Å². The van der Waals surface area contributed by atoms with Crippen LogP contribution in [0.5, 0.6) is 0 Å². The van der Waals surface area contributed by atoms with Crippen LogP contribution in [-0.2, 0) is 11.2 Å². The molecule has 20 heavy (non-hydrogen) atoms. The summed E-state index contributed by atoms with van der Waals surface area (Å²) in [7, 11) is 0. The Bertz CT molecular complexity index is 607. The molecule has 2 rings (SSSR count). The van der Waals surface area contributed by atoms with Gasteiger partial charge in [-0.25, -0.2) is 4.79 Å². The van der Waals surface area contributed by atoms with Gasteiger partial charge in [-0.15, -0.1) is 11.3 Å². The van der Waals surface area contributed by atoms with Crippen molar-refractivity contribution in [3.63, 3.8) is 0 Å². The van der Waals surface area contributed by atoms with Crippen molar-refractivity contribution in [1.82, 2.24) is 5.32 Å². The Morgan fingerprint density at radius 1 is 1.25 bits per heavy atom. The van der Waals surface area contributed by atoms with Gasteiger partial charge in [0.15, 0.2) is 0 Å². The smallest absolute Gasteiger partial charge is 0.335 e. The SMILES string of the molecule is C[C@@H](NC(=O)Cc1ccccc1C(=O)O)c1cccs1. The van der Waals surface area contributed by atoms with E-state index in [-0.39, 0.29) is 23.9 Å². The Morgan fingerprint density at radius 2 is 2.00 bits per heavy atom. The summed E-state index contributed by atoms with van der Waals surface area (Å²) < 4.78 is 0. The third kappa shape index (κ3) is 3.45. The minimum Gasteiger partial charge on any atom is -0.478 e. The molecule has 0 aliphatic heterocycles. The average Bonchev–Trinajstić information content (AvgIpc) is 2.92. The summed E-state index contributed by atoms with van der Waals surface area (Å²) in [5.74, 6) is -1.20. The van der Waals surface area contributed by atoms with Crippen LogP contribution < -0.4 is 5.32 Å². The number of aromatic carboxylic acids is 1. The highest BCUT2D eigenvalue weighted by molar-refractivity contribution is 7.10. The van der Waals surface area contributed by atoms with E-state index >= 15 is 0 Å². The van der Waals surface area contributed by atoms with Crippen LogP contribution in [0, 0.1) is 0 Å². The number of thiophene rings is 1. The number of hydrogen-bond donors (Lipinski definition) is 2. The lowest BCUT2D eigenvalue weighted by molar-refractivity contribution is -0.121. The summed E-state index contributed by atoms with van der Waals surface area (Å²) in [5, 5.41) is 13.9. The molecule has 104 valence electrons. The maximum absolute atomic E-state index is 12.0. The zero-order chi connectivity index (χ0) is 14.5. The van der Waals surface area contributed by atoms with Gasteiger partial charge in [-0.2, -0.15) is 0 Å². The lowest BCUT2D eigenvalue weighted by atomic mass is 10.0. The second-order valence-corrected chi connectivity index (χ2v) is 5.42. The van der Waals surface area contributed by atoms with Gasteiger partial charge in [-0.3, -0.25) is 4.79 Å². The van der Waals surface area contributed by atoms with Gasteiger partial charge in [0.05, 0.1) is 18.0 Å². The molecular formula is C15H15NO3S. The van der Waals surface area contributed by atoms with E-state index in [4.69, 9.17) is 5.11 Å². The number of hydrogen-bond acceptors (Lipinski definition) is 3.